The fourth-order valence-corrected chi connectivity index (χ4v) is 4.40. The highest BCUT2D eigenvalue weighted by Crippen LogP contribution is 2.26. The number of anilines is 2. The summed E-state index contributed by atoms with van der Waals surface area (Å²) in [6.45, 7) is 10.2. The van der Waals surface area contributed by atoms with Crippen LogP contribution >= 0.6 is 0 Å². The number of hydrogen-bond acceptors (Lipinski definition) is 4. The molecule has 164 valence electrons. The summed E-state index contributed by atoms with van der Waals surface area (Å²) in [4.78, 5) is 30.7. The Balaban J connectivity index is 1.36. The number of piperazine rings is 1. The van der Waals surface area contributed by atoms with Crippen molar-refractivity contribution in [3.63, 3.8) is 0 Å². The third-order valence-corrected chi connectivity index (χ3v) is 6.25. The number of nitrogens with zero attached hydrogens (tertiary/aromatic N) is 3. The fraction of sp³-hybridized carbons (Fsp3) is 0.417. The molecule has 31 heavy (non-hydrogen) atoms. The molecular formula is C24H31N5O2. The average Bonchev–Trinajstić information content (AvgIpc) is 2.78. The summed E-state index contributed by atoms with van der Waals surface area (Å²) in [6.07, 6.45) is 0. The van der Waals surface area contributed by atoms with Crippen LogP contribution in [0, 0.1) is 6.92 Å². The van der Waals surface area contributed by atoms with Crippen molar-refractivity contribution >= 4 is 23.3 Å². The third-order valence-electron chi connectivity index (χ3n) is 6.25. The van der Waals surface area contributed by atoms with E-state index in [2.05, 4.69) is 51.6 Å². The van der Waals surface area contributed by atoms with Gasteiger partial charge in [-0.1, -0.05) is 12.1 Å². The minimum Gasteiger partial charge on any atom is -0.369 e. The molecule has 7 heteroatoms. The second kappa shape index (κ2) is 8.98. The van der Waals surface area contributed by atoms with Crippen LogP contribution in [0.25, 0.3) is 0 Å². The number of carbonyl (C=O) groups excluding carboxylic acids is 2. The quantitative estimate of drug-likeness (QED) is 0.779. The molecule has 0 radical (unpaired) electrons. The van der Waals surface area contributed by atoms with Crippen LogP contribution in [-0.2, 0) is 13.1 Å². The summed E-state index contributed by atoms with van der Waals surface area (Å²) in [7, 11) is 1.65. The van der Waals surface area contributed by atoms with Crippen molar-refractivity contribution < 1.29 is 9.59 Å². The molecule has 0 spiro atoms. The minimum absolute atomic E-state index is 0.0152. The molecule has 2 heterocycles. The van der Waals surface area contributed by atoms with Gasteiger partial charge in [0.05, 0.1) is 0 Å². The second-order valence-electron chi connectivity index (χ2n) is 8.28. The van der Waals surface area contributed by atoms with E-state index in [0.717, 1.165) is 44.0 Å². The summed E-state index contributed by atoms with van der Waals surface area (Å²) < 4.78 is 0. The highest BCUT2D eigenvalue weighted by Gasteiger charge is 2.23. The van der Waals surface area contributed by atoms with Gasteiger partial charge in [-0.05, 0) is 54.8 Å². The molecule has 0 bridgehead atoms. The van der Waals surface area contributed by atoms with Gasteiger partial charge in [0.25, 0.3) is 5.91 Å². The molecule has 2 aliphatic heterocycles. The van der Waals surface area contributed by atoms with Crippen LogP contribution in [0.2, 0.25) is 0 Å². The van der Waals surface area contributed by atoms with Crippen LogP contribution < -0.4 is 15.5 Å². The first-order valence-corrected chi connectivity index (χ1v) is 11.0. The Morgan fingerprint density at radius 2 is 1.87 bits per heavy atom. The van der Waals surface area contributed by atoms with Crippen LogP contribution in [-0.4, -0.2) is 61.5 Å². The van der Waals surface area contributed by atoms with E-state index >= 15 is 0 Å². The first-order chi connectivity index (χ1) is 15.0. The number of carbonyl (C=O) groups is 2. The van der Waals surface area contributed by atoms with Gasteiger partial charge in [0, 0.05) is 69.8 Å². The van der Waals surface area contributed by atoms with E-state index < -0.39 is 0 Å². The van der Waals surface area contributed by atoms with Gasteiger partial charge >= 0.3 is 6.03 Å². The molecular weight excluding hydrogens is 390 g/mol. The number of nitrogens with one attached hydrogen (secondary N) is 2. The summed E-state index contributed by atoms with van der Waals surface area (Å²) in [5.41, 5.74) is 6.36. The van der Waals surface area contributed by atoms with Crippen LogP contribution in [0.15, 0.2) is 36.4 Å². The number of aryl methyl sites for hydroxylation is 1. The lowest BCUT2D eigenvalue weighted by molar-refractivity contribution is 0.0963. The lowest BCUT2D eigenvalue weighted by Gasteiger charge is -2.37. The first kappa shape index (κ1) is 21.2. The third kappa shape index (κ3) is 4.51. The molecule has 0 saturated carbocycles. The van der Waals surface area contributed by atoms with Crippen LogP contribution in [0.3, 0.4) is 0 Å². The zero-order valence-electron chi connectivity index (χ0n) is 18.6. The Bertz CT molecular complexity index is 982. The van der Waals surface area contributed by atoms with E-state index in [1.165, 1.54) is 16.8 Å². The van der Waals surface area contributed by atoms with Crippen LogP contribution in [0.4, 0.5) is 16.2 Å². The maximum atomic E-state index is 12.1. The number of rotatable bonds is 5. The number of fused-ring (bicyclic) bond motifs is 1. The largest absolute Gasteiger partial charge is 0.369 e. The predicted molar refractivity (Wildman–Crippen MR) is 124 cm³/mol. The molecule has 0 unspecified atom stereocenters. The number of amides is 3. The number of hydrogen-bond donors (Lipinski definition) is 2. The first-order valence-electron chi connectivity index (χ1n) is 11.0. The summed E-state index contributed by atoms with van der Waals surface area (Å²) in [5.74, 6) is -0.0527. The number of urea groups is 1. The maximum Gasteiger partial charge on any atom is 0.322 e. The minimum atomic E-state index is -0.0527. The van der Waals surface area contributed by atoms with E-state index in [9.17, 15) is 9.59 Å². The Labute approximate surface area is 184 Å². The zero-order chi connectivity index (χ0) is 22.0. The van der Waals surface area contributed by atoms with Crippen LogP contribution in [0.5, 0.6) is 0 Å². The Morgan fingerprint density at radius 1 is 1.10 bits per heavy atom. The molecule has 1 saturated heterocycles. The van der Waals surface area contributed by atoms with Gasteiger partial charge in [-0.15, -0.1) is 0 Å². The molecule has 4 rings (SSSR count). The molecule has 3 amide bonds. The van der Waals surface area contributed by atoms with E-state index in [1.807, 2.05) is 24.0 Å². The molecule has 2 aromatic carbocycles. The molecule has 0 aliphatic carbocycles. The molecule has 7 nitrogen and oxygen atoms in total. The molecule has 2 N–H and O–H groups in total. The van der Waals surface area contributed by atoms with Crippen molar-refractivity contribution in [2.24, 2.45) is 0 Å². The van der Waals surface area contributed by atoms with Gasteiger partial charge in [0.2, 0.25) is 0 Å². The Kier molecular flexibility index (Phi) is 6.13. The van der Waals surface area contributed by atoms with Crippen molar-refractivity contribution in [2.75, 3.05) is 50.0 Å². The van der Waals surface area contributed by atoms with Crippen molar-refractivity contribution in [3.8, 4) is 0 Å². The van der Waals surface area contributed by atoms with Gasteiger partial charge in [-0.3, -0.25) is 9.69 Å². The van der Waals surface area contributed by atoms with Gasteiger partial charge in [-0.25, -0.2) is 4.79 Å². The number of benzene rings is 2. The zero-order valence-corrected chi connectivity index (χ0v) is 18.6. The van der Waals surface area contributed by atoms with Crippen LogP contribution in [0.1, 0.15) is 34.0 Å². The monoisotopic (exact) mass is 421 g/mol. The van der Waals surface area contributed by atoms with E-state index in [4.69, 9.17) is 0 Å². The Morgan fingerprint density at radius 3 is 2.55 bits per heavy atom. The van der Waals surface area contributed by atoms with Gasteiger partial charge in [0.1, 0.15) is 0 Å². The molecule has 2 aromatic rings. The van der Waals surface area contributed by atoms with Gasteiger partial charge < -0.3 is 20.4 Å². The Hall–Kier alpha value is -3.06. The molecule has 0 atom stereocenters. The molecule has 1 fully saturated rings. The van der Waals surface area contributed by atoms with Gasteiger partial charge in [-0.2, -0.15) is 0 Å². The fourth-order valence-electron chi connectivity index (χ4n) is 4.40. The van der Waals surface area contributed by atoms with E-state index in [-0.39, 0.29) is 11.9 Å². The normalized spacial score (nSPS) is 16.7. The van der Waals surface area contributed by atoms with Crippen molar-refractivity contribution in [3.05, 3.63) is 58.7 Å². The SMILES string of the molecule is CCN1Cc2ccc(CN3CCN(c4ccc(C(=O)NC)cc4C)CC3)cc2NC1=O. The summed E-state index contributed by atoms with van der Waals surface area (Å²) >= 11 is 0. The van der Waals surface area contributed by atoms with Crippen molar-refractivity contribution in [2.45, 2.75) is 26.9 Å². The topological polar surface area (TPSA) is 67.9 Å². The van der Waals surface area contributed by atoms with E-state index in [1.54, 1.807) is 7.05 Å². The highest BCUT2D eigenvalue weighted by molar-refractivity contribution is 5.94. The van der Waals surface area contributed by atoms with Crippen molar-refractivity contribution in [1.82, 2.24) is 15.1 Å². The molecule has 0 aromatic heterocycles. The lowest BCUT2D eigenvalue weighted by atomic mass is 10.1. The summed E-state index contributed by atoms with van der Waals surface area (Å²) in [6, 6.07) is 12.3. The van der Waals surface area contributed by atoms with Gasteiger partial charge in [0.15, 0.2) is 0 Å². The second-order valence-corrected chi connectivity index (χ2v) is 8.28. The average molecular weight is 422 g/mol. The smallest absolute Gasteiger partial charge is 0.322 e. The maximum absolute atomic E-state index is 12.1. The van der Waals surface area contributed by atoms with E-state index in [0.29, 0.717) is 18.7 Å². The predicted octanol–water partition coefficient (Wildman–Crippen LogP) is 3.04. The standard InChI is InChI=1S/C24H31N5O2/c1-4-28-16-20-6-5-18(14-21(20)26-24(28)31)15-27-9-11-29(12-10-27)22-8-7-19(13-17(22)2)23(30)25-3/h5-8,13-14H,4,9-12,15-16H2,1-3H3,(H,25,30)(H,26,31). The van der Waals surface area contributed by atoms with Crippen molar-refractivity contribution in [1.29, 1.82) is 0 Å². The highest BCUT2D eigenvalue weighted by atomic mass is 16.2. The summed E-state index contributed by atoms with van der Waals surface area (Å²) in [5, 5.41) is 5.70. The lowest BCUT2D eigenvalue weighted by Crippen LogP contribution is -2.46. The molecule has 2 aliphatic rings.